The van der Waals surface area contributed by atoms with Gasteiger partial charge in [0.15, 0.2) is 0 Å². The van der Waals surface area contributed by atoms with Gasteiger partial charge < -0.3 is 10.2 Å². The van der Waals surface area contributed by atoms with E-state index < -0.39 is 6.04 Å². The summed E-state index contributed by atoms with van der Waals surface area (Å²) in [7, 11) is 0. The van der Waals surface area contributed by atoms with Gasteiger partial charge in [0.05, 0.1) is 0 Å². The van der Waals surface area contributed by atoms with Gasteiger partial charge in [0.1, 0.15) is 6.04 Å². The summed E-state index contributed by atoms with van der Waals surface area (Å²) in [5, 5.41) is 2.98. The van der Waals surface area contributed by atoms with E-state index in [9.17, 15) is 9.59 Å². The standard InChI is InChI=1S/C23H30N2O2/c1-4-15-24-22(26)21(16-19-11-7-5-8-12-19)25(23(27)18(2)3)17-20-13-9-6-10-14-20/h5-14,18,21H,4,15-17H2,1-3H3,(H,24,26). The van der Waals surface area contributed by atoms with Gasteiger partial charge in [-0.15, -0.1) is 0 Å². The second-order valence-corrected chi connectivity index (χ2v) is 7.10. The van der Waals surface area contributed by atoms with Gasteiger partial charge in [-0.05, 0) is 17.5 Å². The molecule has 1 atom stereocenters. The van der Waals surface area contributed by atoms with Crippen molar-refractivity contribution in [1.82, 2.24) is 10.2 Å². The van der Waals surface area contributed by atoms with E-state index >= 15 is 0 Å². The number of nitrogens with one attached hydrogen (secondary N) is 1. The highest BCUT2D eigenvalue weighted by molar-refractivity contribution is 5.88. The minimum atomic E-state index is -0.533. The molecule has 2 rings (SSSR count). The van der Waals surface area contributed by atoms with Crippen LogP contribution in [-0.2, 0) is 22.6 Å². The fourth-order valence-corrected chi connectivity index (χ4v) is 3.00. The lowest BCUT2D eigenvalue weighted by Gasteiger charge is -2.32. The first-order chi connectivity index (χ1) is 13.0. The average Bonchev–Trinajstić information content (AvgIpc) is 2.69. The van der Waals surface area contributed by atoms with Gasteiger partial charge in [-0.1, -0.05) is 81.4 Å². The third kappa shape index (κ3) is 6.24. The molecule has 0 aliphatic heterocycles. The number of benzene rings is 2. The zero-order chi connectivity index (χ0) is 19.6. The molecule has 144 valence electrons. The molecule has 4 nitrogen and oxygen atoms in total. The molecule has 0 saturated heterocycles. The quantitative estimate of drug-likeness (QED) is 0.734. The highest BCUT2D eigenvalue weighted by atomic mass is 16.2. The van der Waals surface area contributed by atoms with Gasteiger partial charge in [-0.2, -0.15) is 0 Å². The number of amides is 2. The van der Waals surface area contributed by atoms with Gasteiger partial charge >= 0.3 is 0 Å². The van der Waals surface area contributed by atoms with Crippen LogP contribution in [0.4, 0.5) is 0 Å². The summed E-state index contributed by atoms with van der Waals surface area (Å²) in [5.74, 6) is -0.275. The lowest BCUT2D eigenvalue weighted by Crippen LogP contribution is -2.51. The minimum Gasteiger partial charge on any atom is -0.354 e. The molecule has 0 bridgehead atoms. The van der Waals surface area contributed by atoms with Crippen LogP contribution >= 0.6 is 0 Å². The van der Waals surface area contributed by atoms with Crippen molar-refractivity contribution in [2.75, 3.05) is 6.54 Å². The predicted molar refractivity (Wildman–Crippen MR) is 109 cm³/mol. The summed E-state index contributed by atoms with van der Waals surface area (Å²) >= 11 is 0. The number of carbonyl (C=O) groups is 2. The number of carbonyl (C=O) groups excluding carboxylic acids is 2. The van der Waals surface area contributed by atoms with Gasteiger partial charge in [0.25, 0.3) is 0 Å². The number of rotatable bonds is 9. The van der Waals surface area contributed by atoms with Crippen LogP contribution in [0, 0.1) is 5.92 Å². The predicted octanol–water partition coefficient (Wildman–Crippen LogP) is 3.81. The Balaban J connectivity index is 2.34. The molecule has 0 radical (unpaired) electrons. The Hall–Kier alpha value is -2.62. The third-order valence-corrected chi connectivity index (χ3v) is 4.47. The molecule has 0 saturated carbocycles. The lowest BCUT2D eigenvalue weighted by atomic mass is 10.0. The molecule has 1 N–H and O–H groups in total. The molecule has 0 aliphatic rings. The first kappa shape index (κ1) is 20.7. The Morgan fingerprint density at radius 3 is 2.00 bits per heavy atom. The maximum Gasteiger partial charge on any atom is 0.243 e. The fraction of sp³-hybridized carbons (Fsp3) is 0.391. The van der Waals surface area contributed by atoms with Crippen molar-refractivity contribution in [3.8, 4) is 0 Å². The second-order valence-electron chi connectivity index (χ2n) is 7.10. The van der Waals surface area contributed by atoms with Crippen molar-refractivity contribution in [2.24, 2.45) is 5.92 Å². The molecule has 27 heavy (non-hydrogen) atoms. The molecule has 2 aromatic rings. The first-order valence-electron chi connectivity index (χ1n) is 9.69. The Bertz CT molecular complexity index is 714. The van der Waals surface area contributed by atoms with Crippen molar-refractivity contribution >= 4 is 11.8 Å². The molecule has 0 spiro atoms. The van der Waals surface area contributed by atoms with E-state index in [0.717, 1.165) is 17.5 Å². The van der Waals surface area contributed by atoms with Crippen molar-refractivity contribution in [3.63, 3.8) is 0 Å². The van der Waals surface area contributed by atoms with Crippen LogP contribution in [0.15, 0.2) is 60.7 Å². The minimum absolute atomic E-state index is 0.00793. The van der Waals surface area contributed by atoms with E-state index in [0.29, 0.717) is 19.5 Å². The molecule has 2 aromatic carbocycles. The summed E-state index contributed by atoms with van der Waals surface area (Å²) in [5.41, 5.74) is 2.07. The smallest absolute Gasteiger partial charge is 0.243 e. The molecule has 0 aliphatic carbocycles. The first-order valence-corrected chi connectivity index (χ1v) is 9.69. The summed E-state index contributed by atoms with van der Waals surface area (Å²) in [6.45, 7) is 6.81. The van der Waals surface area contributed by atoms with Crippen LogP contribution in [0.3, 0.4) is 0 Å². The van der Waals surface area contributed by atoms with Crippen LogP contribution < -0.4 is 5.32 Å². The number of nitrogens with zero attached hydrogens (tertiary/aromatic N) is 1. The molecule has 0 heterocycles. The molecular weight excluding hydrogens is 336 g/mol. The molecule has 0 fully saturated rings. The van der Waals surface area contributed by atoms with E-state index in [-0.39, 0.29) is 17.7 Å². The van der Waals surface area contributed by atoms with Crippen LogP contribution in [0.25, 0.3) is 0 Å². The van der Waals surface area contributed by atoms with Gasteiger partial charge in [0.2, 0.25) is 11.8 Å². The normalized spacial score (nSPS) is 11.9. The zero-order valence-electron chi connectivity index (χ0n) is 16.5. The summed E-state index contributed by atoms with van der Waals surface area (Å²) in [6, 6.07) is 19.2. The van der Waals surface area contributed by atoms with E-state index in [1.165, 1.54) is 0 Å². The zero-order valence-corrected chi connectivity index (χ0v) is 16.5. The van der Waals surface area contributed by atoms with Crippen molar-refractivity contribution in [2.45, 2.75) is 46.2 Å². The maximum atomic E-state index is 13.0. The Labute approximate surface area is 162 Å². The topological polar surface area (TPSA) is 49.4 Å². The van der Waals surface area contributed by atoms with Crippen molar-refractivity contribution in [1.29, 1.82) is 0 Å². The Kier molecular flexibility index (Phi) is 8.05. The maximum absolute atomic E-state index is 13.0. The number of hydrogen-bond donors (Lipinski definition) is 1. The van der Waals surface area contributed by atoms with E-state index in [2.05, 4.69) is 5.32 Å². The Morgan fingerprint density at radius 1 is 0.926 bits per heavy atom. The molecule has 4 heteroatoms. The van der Waals surface area contributed by atoms with Crippen LogP contribution in [0.1, 0.15) is 38.3 Å². The summed E-state index contributed by atoms with van der Waals surface area (Å²) in [4.78, 5) is 27.7. The van der Waals surface area contributed by atoms with E-state index in [1.54, 1.807) is 4.90 Å². The third-order valence-electron chi connectivity index (χ3n) is 4.47. The Morgan fingerprint density at radius 2 is 1.48 bits per heavy atom. The number of hydrogen-bond acceptors (Lipinski definition) is 2. The highest BCUT2D eigenvalue weighted by Crippen LogP contribution is 2.17. The lowest BCUT2D eigenvalue weighted by molar-refractivity contribution is -0.143. The molecule has 0 aromatic heterocycles. The summed E-state index contributed by atoms with van der Waals surface area (Å²) in [6.07, 6.45) is 1.36. The van der Waals surface area contributed by atoms with Crippen LogP contribution in [0.2, 0.25) is 0 Å². The molecule has 1 unspecified atom stereocenters. The monoisotopic (exact) mass is 366 g/mol. The van der Waals surface area contributed by atoms with E-state index in [1.807, 2.05) is 81.4 Å². The molecular formula is C23H30N2O2. The van der Waals surface area contributed by atoms with Crippen LogP contribution in [-0.4, -0.2) is 29.3 Å². The van der Waals surface area contributed by atoms with E-state index in [4.69, 9.17) is 0 Å². The summed E-state index contributed by atoms with van der Waals surface area (Å²) < 4.78 is 0. The van der Waals surface area contributed by atoms with Gasteiger partial charge in [-0.25, -0.2) is 0 Å². The van der Waals surface area contributed by atoms with Crippen molar-refractivity contribution < 1.29 is 9.59 Å². The van der Waals surface area contributed by atoms with Crippen LogP contribution in [0.5, 0.6) is 0 Å². The highest BCUT2D eigenvalue weighted by Gasteiger charge is 2.31. The van der Waals surface area contributed by atoms with Gasteiger partial charge in [0, 0.05) is 25.4 Å². The fourth-order valence-electron chi connectivity index (χ4n) is 3.00. The molecule has 2 amide bonds. The average molecular weight is 367 g/mol. The van der Waals surface area contributed by atoms with Crippen molar-refractivity contribution in [3.05, 3.63) is 71.8 Å². The largest absolute Gasteiger partial charge is 0.354 e. The SMILES string of the molecule is CCCNC(=O)C(Cc1ccccc1)N(Cc1ccccc1)C(=O)C(C)C. The second kappa shape index (κ2) is 10.5. The van der Waals surface area contributed by atoms with Gasteiger partial charge in [-0.3, -0.25) is 9.59 Å².